The fourth-order valence-corrected chi connectivity index (χ4v) is 1.60. The van der Waals surface area contributed by atoms with Crippen molar-refractivity contribution in [3.05, 3.63) is 46.9 Å². The van der Waals surface area contributed by atoms with Crippen LogP contribution in [0.2, 0.25) is 5.02 Å². The topological polar surface area (TPSA) is 80.9 Å². The highest BCUT2D eigenvalue weighted by Gasteiger charge is 2.13. The second-order valence-corrected chi connectivity index (χ2v) is 4.12. The van der Waals surface area contributed by atoms with E-state index in [1.807, 2.05) is 6.92 Å². The molecule has 2 aromatic rings. The second kappa shape index (κ2) is 5.01. The number of halogens is 1. The van der Waals surface area contributed by atoms with Crippen LogP contribution in [0.25, 0.3) is 0 Å². The van der Waals surface area contributed by atoms with Gasteiger partial charge in [0.2, 0.25) is 0 Å². The Morgan fingerprint density at radius 2 is 2.17 bits per heavy atom. The van der Waals surface area contributed by atoms with E-state index >= 15 is 0 Å². The van der Waals surface area contributed by atoms with Crippen LogP contribution in [-0.4, -0.2) is 15.9 Å². The minimum absolute atomic E-state index is 0.105. The van der Waals surface area contributed by atoms with Crippen LogP contribution in [-0.2, 0) is 0 Å². The van der Waals surface area contributed by atoms with Crippen molar-refractivity contribution >= 4 is 29.0 Å². The van der Waals surface area contributed by atoms with Crippen LogP contribution in [0, 0.1) is 6.92 Å². The van der Waals surface area contributed by atoms with Crippen molar-refractivity contribution in [2.45, 2.75) is 6.92 Å². The summed E-state index contributed by atoms with van der Waals surface area (Å²) in [5.74, 6) is -0.155. The third kappa shape index (κ3) is 2.57. The molecule has 3 N–H and O–H groups in total. The normalized spacial score (nSPS) is 10.1. The molecule has 0 radical (unpaired) electrons. The van der Waals surface area contributed by atoms with Gasteiger partial charge in [-0.15, -0.1) is 0 Å². The summed E-state index contributed by atoms with van der Waals surface area (Å²) in [4.78, 5) is 19.9. The second-order valence-electron chi connectivity index (χ2n) is 3.71. The van der Waals surface area contributed by atoms with Crippen LogP contribution in [0.5, 0.6) is 0 Å². The molecule has 6 heteroatoms. The third-order valence-corrected chi connectivity index (χ3v) is 2.66. The quantitative estimate of drug-likeness (QED) is 0.870. The molecule has 2 aromatic heterocycles. The summed E-state index contributed by atoms with van der Waals surface area (Å²) < 4.78 is 0. The number of amides is 1. The first-order valence-corrected chi connectivity index (χ1v) is 5.59. The molecule has 0 atom stereocenters. The van der Waals surface area contributed by atoms with Crippen molar-refractivity contribution in [3.63, 3.8) is 0 Å². The molecule has 18 heavy (non-hydrogen) atoms. The fourth-order valence-electron chi connectivity index (χ4n) is 1.41. The van der Waals surface area contributed by atoms with Gasteiger partial charge in [0.15, 0.2) is 0 Å². The molecule has 0 unspecified atom stereocenters. The Balaban J connectivity index is 2.28. The monoisotopic (exact) mass is 262 g/mol. The summed E-state index contributed by atoms with van der Waals surface area (Å²) in [6.07, 6.45) is 3.25. The summed E-state index contributed by atoms with van der Waals surface area (Å²) in [5.41, 5.74) is 7.15. The van der Waals surface area contributed by atoms with E-state index in [0.29, 0.717) is 5.69 Å². The molecular formula is C12H11ClN4O. The van der Waals surface area contributed by atoms with Crippen molar-refractivity contribution in [2.24, 2.45) is 0 Å². The molecule has 2 heterocycles. The maximum Gasteiger partial charge on any atom is 0.275 e. The average molecular weight is 263 g/mol. The first kappa shape index (κ1) is 12.3. The SMILES string of the molecule is Cc1cnccc1NC(=O)c1nc(N)ccc1Cl. The van der Waals surface area contributed by atoms with Gasteiger partial charge in [0.25, 0.3) is 5.91 Å². The predicted molar refractivity (Wildman–Crippen MR) is 70.6 cm³/mol. The van der Waals surface area contributed by atoms with Crippen molar-refractivity contribution in [1.82, 2.24) is 9.97 Å². The lowest BCUT2D eigenvalue weighted by Crippen LogP contribution is -2.15. The van der Waals surface area contributed by atoms with Crippen LogP contribution < -0.4 is 11.1 Å². The molecule has 0 saturated heterocycles. The highest BCUT2D eigenvalue weighted by atomic mass is 35.5. The molecule has 0 aliphatic carbocycles. The predicted octanol–water partition coefficient (Wildman–Crippen LogP) is 2.27. The zero-order valence-electron chi connectivity index (χ0n) is 9.64. The number of carbonyl (C=O) groups excluding carboxylic acids is 1. The fraction of sp³-hybridized carbons (Fsp3) is 0.0833. The van der Waals surface area contributed by atoms with Crippen LogP contribution in [0.15, 0.2) is 30.6 Å². The van der Waals surface area contributed by atoms with Crippen molar-refractivity contribution in [2.75, 3.05) is 11.1 Å². The Labute approximate surface area is 109 Å². The molecule has 1 amide bonds. The number of hydrogen-bond acceptors (Lipinski definition) is 4. The number of carbonyl (C=O) groups is 1. The van der Waals surface area contributed by atoms with Gasteiger partial charge < -0.3 is 11.1 Å². The Morgan fingerprint density at radius 1 is 1.39 bits per heavy atom. The molecule has 92 valence electrons. The number of rotatable bonds is 2. The molecule has 0 aliphatic rings. The number of nitrogens with one attached hydrogen (secondary N) is 1. The van der Waals surface area contributed by atoms with Gasteiger partial charge in [0.1, 0.15) is 11.5 Å². The van der Waals surface area contributed by atoms with Crippen molar-refractivity contribution in [3.8, 4) is 0 Å². The standard InChI is InChI=1S/C12H11ClN4O/c1-7-6-15-5-4-9(7)16-12(18)11-8(13)2-3-10(14)17-11/h2-6H,1H3,(H2,14,17)(H,15,16,18). The number of nitrogens with zero attached hydrogens (tertiary/aromatic N) is 2. The molecule has 0 spiro atoms. The van der Waals surface area contributed by atoms with Crippen LogP contribution in [0.4, 0.5) is 11.5 Å². The highest BCUT2D eigenvalue weighted by Crippen LogP contribution is 2.18. The van der Waals surface area contributed by atoms with E-state index in [-0.39, 0.29) is 16.5 Å². The minimum Gasteiger partial charge on any atom is -0.384 e. The third-order valence-electron chi connectivity index (χ3n) is 2.35. The smallest absolute Gasteiger partial charge is 0.275 e. The molecule has 0 fully saturated rings. The van der Waals surface area contributed by atoms with Gasteiger partial charge in [0.05, 0.1) is 5.02 Å². The van der Waals surface area contributed by atoms with Gasteiger partial charge in [-0.05, 0) is 30.7 Å². The van der Waals surface area contributed by atoms with Gasteiger partial charge in [-0.3, -0.25) is 9.78 Å². The molecular weight excluding hydrogens is 252 g/mol. The summed E-state index contributed by atoms with van der Waals surface area (Å²) in [6.45, 7) is 1.84. The van der Waals surface area contributed by atoms with Gasteiger partial charge in [0, 0.05) is 18.1 Å². The summed E-state index contributed by atoms with van der Waals surface area (Å²) >= 11 is 5.91. The number of pyridine rings is 2. The number of aromatic nitrogens is 2. The van der Waals surface area contributed by atoms with Gasteiger partial charge in [-0.1, -0.05) is 11.6 Å². The van der Waals surface area contributed by atoms with Crippen LogP contribution in [0.1, 0.15) is 16.1 Å². The van der Waals surface area contributed by atoms with E-state index in [1.165, 1.54) is 12.1 Å². The van der Waals surface area contributed by atoms with Gasteiger partial charge in [-0.2, -0.15) is 0 Å². The zero-order chi connectivity index (χ0) is 13.1. The average Bonchev–Trinajstić information content (AvgIpc) is 2.35. The zero-order valence-corrected chi connectivity index (χ0v) is 10.4. The molecule has 0 aliphatic heterocycles. The van der Waals surface area contributed by atoms with E-state index in [1.54, 1.807) is 18.5 Å². The van der Waals surface area contributed by atoms with E-state index in [2.05, 4.69) is 15.3 Å². The Bertz CT molecular complexity index is 600. The Hall–Kier alpha value is -2.14. The maximum atomic E-state index is 12.0. The van der Waals surface area contributed by atoms with Crippen LogP contribution in [0.3, 0.4) is 0 Å². The lowest BCUT2D eigenvalue weighted by atomic mass is 10.2. The Morgan fingerprint density at radius 3 is 2.89 bits per heavy atom. The van der Waals surface area contributed by atoms with Gasteiger partial charge >= 0.3 is 0 Å². The maximum absolute atomic E-state index is 12.0. The Kier molecular flexibility index (Phi) is 3.43. The van der Waals surface area contributed by atoms with Crippen molar-refractivity contribution < 1.29 is 4.79 Å². The first-order chi connectivity index (χ1) is 8.58. The summed E-state index contributed by atoms with van der Waals surface area (Å²) in [7, 11) is 0. The van der Waals surface area contributed by atoms with E-state index < -0.39 is 5.91 Å². The number of aryl methyl sites for hydroxylation is 1. The molecule has 5 nitrogen and oxygen atoms in total. The molecule has 0 bridgehead atoms. The highest BCUT2D eigenvalue weighted by molar-refractivity contribution is 6.34. The molecule has 0 saturated carbocycles. The van der Waals surface area contributed by atoms with E-state index in [4.69, 9.17) is 17.3 Å². The number of anilines is 2. The molecule has 2 rings (SSSR count). The van der Waals surface area contributed by atoms with Gasteiger partial charge in [-0.25, -0.2) is 4.98 Å². The summed E-state index contributed by atoms with van der Waals surface area (Å²) in [6, 6.07) is 4.78. The summed E-state index contributed by atoms with van der Waals surface area (Å²) in [5, 5.41) is 2.97. The lowest BCUT2D eigenvalue weighted by molar-refractivity contribution is 0.102. The minimum atomic E-state index is -0.401. The lowest BCUT2D eigenvalue weighted by Gasteiger charge is -2.08. The molecule has 0 aromatic carbocycles. The number of nitrogens with two attached hydrogens (primary N) is 1. The van der Waals surface area contributed by atoms with Crippen LogP contribution >= 0.6 is 11.6 Å². The first-order valence-electron chi connectivity index (χ1n) is 5.22. The largest absolute Gasteiger partial charge is 0.384 e. The van der Waals surface area contributed by atoms with E-state index in [9.17, 15) is 4.79 Å². The van der Waals surface area contributed by atoms with E-state index in [0.717, 1.165) is 5.56 Å². The number of nitrogen functional groups attached to an aromatic ring is 1. The van der Waals surface area contributed by atoms with Crippen molar-refractivity contribution in [1.29, 1.82) is 0 Å². The number of hydrogen-bond donors (Lipinski definition) is 2.